The zero-order valence-corrected chi connectivity index (χ0v) is 15.0. The Morgan fingerprint density at radius 2 is 2.12 bits per heavy atom. The first-order valence-electron chi connectivity index (χ1n) is 8.46. The van der Waals surface area contributed by atoms with Crippen molar-refractivity contribution >= 4 is 17.1 Å². The topological polar surface area (TPSA) is 76.4 Å². The first-order chi connectivity index (χ1) is 11.8. The quantitative estimate of drug-likeness (QED) is 0.751. The van der Waals surface area contributed by atoms with Gasteiger partial charge in [-0.3, -0.25) is 4.39 Å². The largest absolute Gasteiger partial charge is 0.444 e. The summed E-state index contributed by atoms with van der Waals surface area (Å²) in [4.78, 5) is 16.2. The second kappa shape index (κ2) is 8.29. The van der Waals surface area contributed by atoms with Gasteiger partial charge in [-0.05, 0) is 51.3 Å². The molecule has 0 aliphatic rings. The van der Waals surface area contributed by atoms with Gasteiger partial charge in [0.1, 0.15) is 18.0 Å². The van der Waals surface area contributed by atoms with E-state index in [-0.39, 0.29) is 13.3 Å². The van der Waals surface area contributed by atoms with Gasteiger partial charge in [0.2, 0.25) is 0 Å². The third-order valence-corrected chi connectivity index (χ3v) is 3.63. The summed E-state index contributed by atoms with van der Waals surface area (Å²) < 4.78 is 19.4. The number of halogens is 1. The first kappa shape index (κ1) is 19.2. The van der Waals surface area contributed by atoms with Crippen molar-refractivity contribution in [1.29, 1.82) is 0 Å². The van der Waals surface area contributed by atoms with Gasteiger partial charge < -0.3 is 19.7 Å². The second-order valence-electron chi connectivity index (χ2n) is 6.91. The van der Waals surface area contributed by atoms with Crippen molar-refractivity contribution in [2.24, 2.45) is 0 Å². The molecular weight excluding hydrogens is 325 g/mol. The number of hydrogen-bond acceptors (Lipinski definition) is 4. The number of nitrogens with zero attached hydrogens (tertiary/aromatic N) is 2. The molecule has 0 spiro atoms. The van der Waals surface area contributed by atoms with Gasteiger partial charge in [0.25, 0.3) is 0 Å². The van der Waals surface area contributed by atoms with E-state index in [2.05, 4.69) is 10.3 Å². The van der Waals surface area contributed by atoms with Crippen LogP contribution < -0.4 is 5.32 Å². The molecular formula is C18H26FN3O3. The van der Waals surface area contributed by atoms with Crippen molar-refractivity contribution in [2.75, 3.05) is 6.67 Å². The van der Waals surface area contributed by atoms with E-state index in [0.29, 0.717) is 31.8 Å². The minimum Gasteiger partial charge on any atom is -0.444 e. The number of nitrogens with one attached hydrogen (secondary N) is 1. The fraction of sp³-hybridized carbons (Fsp3) is 0.556. The Bertz CT molecular complexity index is 722. The number of alkyl carbamates (subject to hydrolysis) is 1. The molecule has 1 amide bonds. The molecule has 1 aromatic heterocycles. The van der Waals surface area contributed by atoms with Gasteiger partial charge in [-0.2, -0.15) is 0 Å². The minimum absolute atomic E-state index is 0.171. The van der Waals surface area contributed by atoms with Crippen LogP contribution in [0.2, 0.25) is 0 Å². The van der Waals surface area contributed by atoms with Crippen molar-refractivity contribution in [3.8, 4) is 0 Å². The molecule has 0 unspecified atom stereocenters. The summed E-state index contributed by atoms with van der Waals surface area (Å²) in [6.45, 7) is 5.86. The van der Waals surface area contributed by atoms with Crippen LogP contribution in [0.1, 0.15) is 45.0 Å². The maximum Gasteiger partial charge on any atom is 0.407 e. The number of benzene rings is 1. The predicted molar refractivity (Wildman–Crippen MR) is 93.9 cm³/mol. The standard InChI is InChI=1S/C18H26FN3O3/c1-18(2,3)25-17(24)20-11-13-6-7-15-14(10-13)21-16(12-23)22(15)9-5-4-8-19/h6-7,10,23H,4-5,8-9,11-12H2,1-3H3,(H,20,24). The van der Waals surface area contributed by atoms with Gasteiger partial charge in [0, 0.05) is 13.1 Å². The molecule has 138 valence electrons. The lowest BCUT2D eigenvalue weighted by atomic mass is 10.2. The number of carbonyl (C=O) groups excluding carboxylic acids is 1. The summed E-state index contributed by atoms with van der Waals surface area (Å²) in [5.74, 6) is 0.561. The molecule has 25 heavy (non-hydrogen) atoms. The van der Waals surface area contributed by atoms with Gasteiger partial charge in [-0.1, -0.05) is 6.07 Å². The molecule has 0 radical (unpaired) electrons. The molecule has 7 heteroatoms. The average Bonchev–Trinajstić information content (AvgIpc) is 2.89. The van der Waals surface area contributed by atoms with Gasteiger partial charge in [0.15, 0.2) is 0 Å². The number of aliphatic hydroxyl groups excluding tert-OH is 1. The molecule has 2 rings (SSSR count). The zero-order chi connectivity index (χ0) is 18.4. The number of rotatable bonds is 7. The van der Waals surface area contributed by atoms with Gasteiger partial charge >= 0.3 is 6.09 Å². The van der Waals surface area contributed by atoms with Crippen molar-refractivity contribution in [3.05, 3.63) is 29.6 Å². The van der Waals surface area contributed by atoms with Crippen LogP contribution >= 0.6 is 0 Å². The summed E-state index contributed by atoms with van der Waals surface area (Å²) in [6.07, 6.45) is 0.708. The highest BCUT2D eigenvalue weighted by atomic mass is 19.1. The number of alkyl halides is 1. The van der Waals surface area contributed by atoms with Crippen LogP contribution in [0.15, 0.2) is 18.2 Å². The van der Waals surface area contributed by atoms with E-state index in [1.54, 1.807) is 0 Å². The average molecular weight is 351 g/mol. The highest BCUT2D eigenvalue weighted by Gasteiger charge is 2.16. The van der Waals surface area contributed by atoms with Gasteiger partial charge in [-0.25, -0.2) is 9.78 Å². The fourth-order valence-electron chi connectivity index (χ4n) is 2.56. The van der Waals surface area contributed by atoms with Crippen LogP contribution in [-0.4, -0.2) is 33.0 Å². The Labute approximate surface area is 147 Å². The van der Waals surface area contributed by atoms with E-state index < -0.39 is 11.7 Å². The normalized spacial score (nSPS) is 11.7. The summed E-state index contributed by atoms with van der Waals surface area (Å²) in [7, 11) is 0. The fourth-order valence-corrected chi connectivity index (χ4v) is 2.56. The lowest BCUT2D eigenvalue weighted by Crippen LogP contribution is -2.32. The molecule has 0 fully saturated rings. The first-order valence-corrected chi connectivity index (χ1v) is 8.46. The molecule has 6 nitrogen and oxygen atoms in total. The number of aliphatic hydroxyl groups is 1. The van der Waals surface area contributed by atoms with Gasteiger partial charge in [0.05, 0.1) is 17.7 Å². The van der Waals surface area contributed by atoms with E-state index in [1.807, 2.05) is 43.5 Å². The van der Waals surface area contributed by atoms with Crippen molar-refractivity contribution < 1.29 is 19.0 Å². The highest BCUT2D eigenvalue weighted by Crippen LogP contribution is 2.19. The van der Waals surface area contributed by atoms with Crippen molar-refractivity contribution in [3.63, 3.8) is 0 Å². The number of carbonyl (C=O) groups is 1. The number of ether oxygens (including phenoxy) is 1. The number of aryl methyl sites for hydroxylation is 1. The molecule has 0 aliphatic carbocycles. The Morgan fingerprint density at radius 3 is 2.76 bits per heavy atom. The number of imidazole rings is 1. The Hall–Kier alpha value is -2.15. The molecule has 0 atom stereocenters. The summed E-state index contributed by atoms with van der Waals surface area (Å²) in [5.41, 5.74) is 1.98. The van der Waals surface area contributed by atoms with E-state index in [4.69, 9.17) is 4.74 Å². The summed E-state index contributed by atoms with van der Waals surface area (Å²) in [5, 5.41) is 12.2. The maximum atomic E-state index is 12.3. The Morgan fingerprint density at radius 1 is 1.36 bits per heavy atom. The molecule has 0 saturated heterocycles. The van der Waals surface area contributed by atoms with E-state index in [9.17, 15) is 14.3 Å². The molecule has 0 bridgehead atoms. The molecule has 0 aliphatic heterocycles. The lowest BCUT2D eigenvalue weighted by molar-refractivity contribution is 0.0523. The number of amides is 1. The minimum atomic E-state index is -0.539. The molecule has 1 heterocycles. The summed E-state index contributed by atoms with van der Waals surface area (Å²) >= 11 is 0. The SMILES string of the molecule is CC(C)(C)OC(=O)NCc1ccc2c(c1)nc(CO)n2CCCCF. The molecule has 1 aromatic carbocycles. The van der Waals surface area contributed by atoms with E-state index in [1.165, 1.54) is 0 Å². The van der Waals surface area contributed by atoms with Gasteiger partial charge in [-0.15, -0.1) is 0 Å². The number of hydrogen-bond donors (Lipinski definition) is 2. The maximum absolute atomic E-state index is 12.3. The highest BCUT2D eigenvalue weighted by molar-refractivity contribution is 5.77. The lowest BCUT2D eigenvalue weighted by Gasteiger charge is -2.19. The second-order valence-corrected chi connectivity index (χ2v) is 6.91. The van der Waals surface area contributed by atoms with Crippen LogP contribution in [0.4, 0.5) is 9.18 Å². The zero-order valence-electron chi connectivity index (χ0n) is 15.0. The Kier molecular flexibility index (Phi) is 6.36. The molecule has 0 saturated carbocycles. The van der Waals surface area contributed by atoms with Crippen LogP contribution in [0.3, 0.4) is 0 Å². The van der Waals surface area contributed by atoms with Crippen LogP contribution in [0, 0.1) is 0 Å². The number of aromatic nitrogens is 2. The van der Waals surface area contributed by atoms with E-state index >= 15 is 0 Å². The predicted octanol–water partition coefficient (Wildman–Crippen LogP) is 3.30. The van der Waals surface area contributed by atoms with Crippen LogP contribution in [0.5, 0.6) is 0 Å². The van der Waals surface area contributed by atoms with Crippen LogP contribution in [0.25, 0.3) is 11.0 Å². The van der Waals surface area contributed by atoms with E-state index in [0.717, 1.165) is 16.6 Å². The van der Waals surface area contributed by atoms with Crippen molar-refractivity contribution in [2.45, 2.75) is 58.9 Å². The number of fused-ring (bicyclic) bond motifs is 1. The van der Waals surface area contributed by atoms with Crippen LogP contribution in [-0.2, 0) is 24.4 Å². The smallest absolute Gasteiger partial charge is 0.407 e. The monoisotopic (exact) mass is 351 g/mol. The summed E-state index contributed by atoms with van der Waals surface area (Å²) in [6, 6.07) is 5.68. The number of unbranched alkanes of at least 4 members (excludes halogenated alkanes) is 1. The Balaban J connectivity index is 2.10. The molecule has 2 aromatic rings. The third-order valence-electron chi connectivity index (χ3n) is 3.63. The third kappa shape index (κ3) is 5.42. The molecule has 2 N–H and O–H groups in total. The van der Waals surface area contributed by atoms with Crippen molar-refractivity contribution in [1.82, 2.24) is 14.9 Å².